The van der Waals surface area contributed by atoms with Crippen molar-refractivity contribution in [3.63, 3.8) is 0 Å². The smallest absolute Gasteiger partial charge is 0.0273 e. The zero-order valence-electron chi connectivity index (χ0n) is 26.8. The maximum atomic E-state index is 2.51. The second kappa shape index (κ2) is 12.5. The molecule has 0 spiro atoms. The van der Waals surface area contributed by atoms with E-state index in [1.54, 1.807) is 5.57 Å². The first-order chi connectivity index (χ1) is 21.9. The van der Waals surface area contributed by atoms with Gasteiger partial charge in [0.15, 0.2) is 0 Å². The van der Waals surface area contributed by atoms with E-state index in [1.807, 2.05) is 0 Å². The highest BCUT2D eigenvalue weighted by atomic mass is 31.1. The Bertz CT molecular complexity index is 1920. The molecule has 45 heavy (non-hydrogen) atoms. The molecule has 1 unspecified atom stereocenters. The third kappa shape index (κ3) is 5.84. The summed E-state index contributed by atoms with van der Waals surface area (Å²) in [7, 11) is -1.40. The van der Waals surface area contributed by atoms with Crippen molar-refractivity contribution in [1.82, 2.24) is 0 Å². The number of hydrogen-bond donors (Lipinski definition) is 0. The van der Waals surface area contributed by atoms with Crippen LogP contribution in [-0.2, 0) is 0 Å². The van der Waals surface area contributed by atoms with E-state index in [0.717, 1.165) is 0 Å². The average Bonchev–Trinajstić information content (AvgIpc) is 3.50. The standard InChI is InChI=1S/C43H40P2/c1-29-23-30(2)26-36(25-29)44(37-27-31(3)24-32(4)28-37)33(5)38-19-12-22-41(38)45(42-20-10-15-34-13-6-8-17-39(34)42)43-21-11-16-35-14-7-9-18-40(35)43/h6-28,33,41H,1-5H3/t33-,41?/m0/s1. The molecule has 0 bridgehead atoms. The largest absolute Gasteiger partial charge is 0.0724 e. The molecule has 1 aliphatic carbocycles. The van der Waals surface area contributed by atoms with Crippen molar-refractivity contribution in [3.05, 3.63) is 167 Å². The maximum absolute atomic E-state index is 2.51. The van der Waals surface area contributed by atoms with E-state index in [0.29, 0.717) is 11.3 Å². The minimum Gasteiger partial charge on any atom is -0.0724 e. The molecular formula is C43H40P2. The zero-order valence-corrected chi connectivity index (χ0v) is 28.6. The van der Waals surface area contributed by atoms with Crippen LogP contribution in [0, 0.1) is 27.7 Å². The first kappa shape index (κ1) is 29.9. The van der Waals surface area contributed by atoms with Crippen molar-refractivity contribution in [2.45, 2.75) is 45.9 Å². The van der Waals surface area contributed by atoms with Gasteiger partial charge in [-0.2, -0.15) is 0 Å². The fraction of sp³-hybridized carbons (Fsp3) is 0.163. The van der Waals surface area contributed by atoms with E-state index in [4.69, 9.17) is 0 Å². The molecule has 2 heteroatoms. The summed E-state index contributed by atoms with van der Waals surface area (Å²) in [6, 6.07) is 46.2. The molecule has 6 aromatic carbocycles. The monoisotopic (exact) mass is 618 g/mol. The summed E-state index contributed by atoms with van der Waals surface area (Å²) >= 11 is 0. The molecule has 0 nitrogen and oxygen atoms in total. The van der Waals surface area contributed by atoms with Gasteiger partial charge in [-0.25, -0.2) is 0 Å². The number of aryl methyl sites for hydroxylation is 4. The van der Waals surface area contributed by atoms with E-state index in [-0.39, 0.29) is 0 Å². The lowest BCUT2D eigenvalue weighted by molar-refractivity contribution is 1.07. The summed E-state index contributed by atoms with van der Waals surface area (Å²) in [4.78, 5) is 0. The molecule has 0 heterocycles. The molecule has 2 atom stereocenters. The van der Waals surface area contributed by atoms with Crippen LogP contribution in [-0.4, -0.2) is 11.3 Å². The third-order valence-electron chi connectivity index (χ3n) is 9.09. The Labute approximate surface area is 271 Å². The van der Waals surface area contributed by atoms with Crippen LogP contribution < -0.4 is 21.2 Å². The Balaban J connectivity index is 1.42. The quantitative estimate of drug-likeness (QED) is 0.156. The molecule has 0 amide bonds. The molecule has 0 radical (unpaired) electrons. The van der Waals surface area contributed by atoms with Gasteiger partial charge in [-0.15, -0.1) is 0 Å². The fourth-order valence-corrected chi connectivity index (χ4v) is 13.7. The number of allylic oxidation sites excluding steroid dienone is 4. The molecule has 0 saturated heterocycles. The molecule has 0 N–H and O–H groups in total. The van der Waals surface area contributed by atoms with E-state index in [9.17, 15) is 0 Å². The zero-order chi connectivity index (χ0) is 31.1. The van der Waals surface area contributed by atoms with Gasteiger partial charge in [0.1, 0.15) is 0 Å². The number of fused-ring (bicyclic) bond motifs is 2. The van der Waals surface area contributed by atoms with Crippen LogP contribution in [0.4, 0.5) is 0 Å². The van der Waals surface area contributed by atoms with E-state index >= 15 is 0 Å². The van der Waals surface area contributed by atoms with Gasteiger partial charge < -0.3 is 0 Å². The van der Waals surface area contributed by atoms with Crippen LogP contribution >= 0.6 is 15.8 Å². The van der Waals surface area contributed by atoms with Crippen molar-refractivity contribution >= 4 is 58.6 Å². The highest BCUT2D eigenvalue weighted by Gasteiger charge is 2.35. The SMILES string of the molecule is Cc1cc(C)cc(P(c2cc(C)cc(C)c2)[C@@H](C)C2=CC=CC2P(c2cccc3ccccc23)c2cccc3ccccc23)c1. The Morgan fingerprint density at radius 1 is 0.533 bits per heavy atom. The van der Waals surface area contributed by atoms with E-state index < -0.39 is 15.8 Å². The second-order valence-electron chi connectivity index (χ2n) is 12.6. The van der Waals surface area contributed by atoms with Gasteiger partial charge in [0.05, 0.1) is 0 Å². The number of rotatable bonds is 7. The summed E-state index contributed by atoms with van der Waals surface area (Å²) in [5, 5.41) is 11.3. The van der Waals surface area contributed by atoms with E-state index in [2.05, 4.69) is 174 Å². The van der Waals surface area contributed by atoms with Gasteiger partial charge in [0.2, 0.25) is 0 Å². The second-order valence-corrected chi connectivity index (χ2v) is 17.4. The van der Waals surface area contributed by atoms with Crippen LogP contribution in [0.15, 0.2) is 145 Å². The van der Waals surface area contributed by atoms with Crippen LogP contribution in [0.3, 0.4) is 0 Å². The van der Waals surface area contributed by atoms with Crippen LogP contribution in [0.1, 0.15) is 29.2 Å². The molecule has 0 fully saturated rings. The summed E-state index contributed by atoms with van der Waals surface area (Å²) in [5.74, 6) is 0. The van der Waals surface area contributed by atoms with E-state index in [1.165, 1.54) is 65.0 Å². The summed E-state index contributed by atoms with van der Waals surface area (Å²) in [5.41, 5.74) is 7.63. The summed E-state index contributed by atoms with van der Waals surface area (Å²) in [6.45, 7) is 11.5. The Hall–Kier alpha value is -3.82. The summed E-state index contributed by atoms with van der Waals surface area (Å²) in [6.07, 6.45) is 7.32. The lowest BCUT2D eigenvalue weighted by atomic mass is 10.1. The molecule has 0 aromatic heterocycles. The molecule has 1 aliphatic rings. The van der Waals surface area contributed by atoms with Crippen molar-refractivity contribution in [1.29, 1.82) is 0 Å². The molecule has 0 aliphatic heterocycles. The highest BCUT2D eigenvalue weighted by Crippen LogP contribution is 2.54. The fourth-order valence-electron chi connectivity index (χ4n) is 7.29. The lowest BCUT2D eigenvalue weighted by Crippen LogP contribution is -2.29. The minimum atomic E-state index is -0.756. The van der Waals surface area contributed by atoms with Gasteiger partial charge in [0.25, 0.3) is 0 Å². The van der Waals surface area contributed by atoms with Gasteiger partial charge in [-0.3, -0.25) is 0 Å². The van der Waals surface area contributed by atoms with Crippen molar-refractivity contribution in [2.24, 2.45) is 0 Å². The molecule has 222 valence electrons. The minimum absolute atomic E-state index is 0.313. The van der Waals surface area contributed by atoms with Crippen molar-refractivity contribution < 1.29 is 0 Å². The third-order valence-corrected chi connectivity index (χ3v) is 14.6. The highest BCUT2D eigenvalue weighted by molar-refractivity contribution is 7.75. The molecule has 7 rings (SSSR count). The topological polar surface area (TPSA) is 0 Å². The average molecular weight is 619 g/mol. The first-order valence-corrected chi connectivity index (χ1v) is 18.8. The molecule has 6 aromatic rings. The van der Waals surface area contributed by atoms with Gasteiger partial charge in [0, 0.05) is 11.3 Å². The van der Waals surface area contributed by atoms with Gasteiger partial charge in [-0.05, 0) is 86.3 Å². The Morgan fingerprint density at radius 3 is 1.47 bits per heavy atom. The van der Waals surface area contributed by atoms with Gasteiger partial charge in [-0.1, -0.05) is 174 Å². The van der Waals surface area contributed by atoms with Gasteiger partial charge >= 0.3 is 0 Å². The Morgan fingerprint density at radius 2 is 0.978 bits per heavy atom. The van der Waals surface area contributed by atoms with Crippen LogP contribution in [0.2, 0.25) is 0 Å². The predicted molar refractivity (Wildman–Crippen MR) is 203 cm³/mol. The first-order valence-electron chi connectivity index (χ1n) is 16.0. The van der Waals surface area contributed by atoms with Crippen LogP contribution in [0.25, 0.3) is 21.5 Å². The Kier molecular flexibility index (Phi) is 8.31. The normalized spacial score (nSPS) is 15.4. The van der Waals surface area contributed by atoms with Crippen molar-refractivity contribution in [3.8, 4) is 0 Å². The maximum Gasteiger partial charge on any atom is 0.0273 e. The number of hydrogen-bond acceptors (Lipinski definition) is 0. The number of benzene rings is 6. The van der Waals surface area contributed by atoms with Crippen LogP contribution in [0.5, 0.6) is 0 Å². The lowest BCUT2D eigenvalue weighted by Gasteiger charge is -2.35. The molecule has 0 saturated carbocycles. The molecular weight excluding hydrogens is 578 g/mol. The predicted octanol–water partition coefficient (Wildman–Crippen LogP) is 10.0. The van der Waals surface area contributed by atoms with Crippen molar-refractivity contribution in [2.75, 3.05) is 0 Å². The summed E-state index contributed by atoms with van der Waals surface area (Å²) < 4.78 is 0.